The van der Waals surface area contributed by atoms with E-state index < -0.39 is 0 Å². The van der Waals surface area contributed by atoms with Gasteiger partial charge in [0.25, 0.3) is 0 Å². The van der Waals surface area contributed by atoms with Crippen LogP contribution in [0, 0.1) is 6.92 Å². The van der Waals surface area contributed by atoms with Crippen molar-refractivity contribution in [1.29, 1.82) is 0 Å². The molecule has 0 aliphatic carbocycles. The Labute approximate surface area is 99.8 Å². The monoisotopic (exact) mass is 268 g/mol. The lowest BCUT2D eigenvalue weighted by Crippen LogP contribution is -2.46. The van der Waals surface area contributed by atoms with Crippen LogP contribution < -0.4 is 10.2 Å². The van der Waals surface area contributed by atoms with Gasteiger partial charge < -0.3 is 10.2 Å². The molecule has 0 spiro atoms. The first kappa shape index (κ1) is 10.8. The molecule has 1 aliphatic heterocycles. The number of halogens is 1. The molecule has 2 atom stereocenters. The SMILES string of the molecule is Cc1cc(Br)cc2c1N(C)C(C)C(C)N2. The highest BCUT2D eigenvalue weighted by Crippen LogP contribution is 2.37. The first-order valence-corrected chi connectivity index (χ1v) is 6.09. The highest BCUT2D eigenvalue weighted by Gasteiger charge is 2.26. The first-order chi connectivity index (χ1) is 7.00. The van der Waals surface area contributed by atoms with E-state index in [4.69, 9.17) is 0 Å². The zero-order chi connectivity index (χ0) is 11.2. The van der Waals surface area contributed by atoms with E-state index in [0.717, 1.165) is 4.47 Å². The van der Waals surface area contributed by atoms with Crippen LogP contribution in [0.1, 0.15) is 19.4 Å². The summed E-state index contributed by atoms with van der Waals surface area (Å²) in [7, 11) is 2.17. The summed E-state index contributed by atoms with van der Waals surface area (Å²) in [5, 5.41) is 3.55. The van der Waals surface area contributed by atoms with Gasteiger partial charge in [-0.05, 0) is 38.5 Å². The highest BCUT2D eigenvalue weighted by molar-refractivity contribution is 9.10. The van der Waals surface area contributed by atoms with Gasteiger partial charge in [0.05, 0.1) is 11.4 Å². The zero-order valence-corrected chi connectivity index (χ0v) is 11.2. The standard InChI is InChI=1S/C12H17BrN2/c1-7-5-10(13)6-11-12(7)15(4)9(3)8(2)14-11/h5-6,8-9,14H,1-4H3. The van der Waals surface area contributed by atoms with Crippen molar-refractivity contribution in [2.24, 2.45) is 0 Å². The fraction of sp³-hybridized carbons (Fsp3) is 0.500. The van der Waals surface area contributed by atoms with Crippen LogP contribution in [0.5, 0.6) is 0 Å². The molecule has 2 unspecified atom stereocenters. The first-order valence-electron chi connectivity index (χ1n) is 5.30. The van der Waals surface area contributed by atoms with E-state index in [-0.39, 0.29) is 0 Å². The topological polar surface area (TPSA) is 15.3 Å². The van der Waals surface area contributed by atoms with Crippen LogP contribution in [-0.4, -0.2) is 19.1 Å². The average Bonchev–Trinajstić information content (AvgIpc) is 2.13. The largest absolute Gasteiger partial charge is 0.379 e. The summed E-state index contributed by atoms with van der Waals surface area (Å²) in [5.41, 5.74) is 3.87. The Bertz CT molecular complexity index is 389. The van der Waals surface area contributed by atoms with E-state index in [9.17, 15) is 0 Å². The second-order valence-electron chi connectivity index (χ2n) is 4.40. The van der Waals surface area contributed by atoms with Crippen LogP contribution in [0.4, 0.5) is 11.4 Å². The Hall–Kier alpha value is -0.700. The van der Waals surface area contributed by atoms with Gasteiger partial charge in [0.15, 0.2) is 0 Å². The molecule has 1 aromatic carbocycles. The summed E-state index contributed by atoms with van der Waals surface area (Å²) in [6.45, 7) is 6.63. The normalized spacial score (nSPS) is 24.7. The number of nitrogens with one attached hydrogen (secondary N) is 1. The number of rotatable bonds is 0. The maximum absolute atomic E-state index is 3.55. The van der Waals surface area contributed by atoms with Crippen molar-refractivity contribution in [3.05, 3.63) is 22.2 Å². The van der Waals surface area contributed by atoms with E-state index in [1.54, 1.807) is 0 Å². The van der Waals surface area contributed by atoms with E-state index in [1.165, 1.54) is 16.9 Å². The quantitative estimate of drug-likeness (QED) is 0.776. The molecule has 0 aromatic heterocycles. The second kappa shape index (κ2) is 3.71. The van der Waals surface area contributed by atoms with E-state index in [2.05, 4.69) is 66.1 Å². The van der Waals surface area contributed by atoms with Crippen molar-refractivity contribution in [2.45, 2.75) is 32.9 Å². The number of fused-ring (bicyclic) bond motifs is 1. The predicted molar refractivity (Wildman–Crippen MR) is 69.8 cm³/mol. The molecule has 2 rings (SSSR count). The second-order valence-corrected chi connectivity index (χ2v) is 5.32. The number of aryl methyl sites for hydroxylation is 1. The minimum atomic E-state index is 0.483. The van der Waals surface area contributed by atoms with Crippen molar-refractivity contribution >= 4 is 27.3 Å². The summed E-state index contributed by atoms with van der Waals surface area (Å²) in [6, 6.07) is 5.33. The molecule has 1 heterocycles. The number of likely N-dealkylation sites (N-methyl/N-ethyl adjacent to an activating group) is 1. The summed E-state index contributed by atoms with van der Waals surface area (Å²) in [5.74, 6) is 0. The number of hydrogen-bond donors (Lipinski definition) is 1. The lowest BCUT2D eigenvalue weighted by atomic mass is 10.0. The molecular weight excluding hydrogens is 252 g/mol. The van der Waals surface area contributed by atoms with Gasteiger partial charge >= 0.3 is 0 Å². The molecule has 0 saturated heterocycles. The van der Waals surface area contributed by atoms with Crippen LogP contribution in [-0.2, 0) is 0 Å². The third kappa shape index (κ3) is 1.73. The Morgan fingerprint density at radius 3 is 2.67 bits per heavy atom. The molecular formula is C12H17BrN2. The Morgan fingerprint density at radius 2 is 2.00 bits per heavy atom. The van der Waals surface area contributed by atoms with Gasteiger partial charge in [0.1, 0.15) is 0 Å². The molecule has 0 radical (unpaired) electrons. The maximum Gasteiger partial charge on any atom is 0.0633 e. The molecule has 2 nitrogen and oxygen atoms in total. The molecule has 0 amide bonds. The van der Waals surface area contributed by atoms with Crippen molar-refractivity contribution < 1.29 is 0 Å². The third-order valence-electron chi connectivity index (χ3n) is 3.34. The Morgan fingerprint density at radius 1 is 1.33 bits per heavy atom. The van der Waals surface area contributed by atoms with E-state index in [0.29, 0.717) is 12.1 Å². The van der Waals surface area contributed by atoms with Gasteiger partial charge in [-0.2, -0.15) is 0 Å². The van der Waals surface area contributed by atoms with E-state index >= 15 is 0 Å². The van der Waals surface area contributed by atoms with Gasteiger partial charge in [0.2, 0.25) is 0 Å². The number of anilines is 2. The van der Waals surface area contributed by atoms with Gasteiger partial charge in [-0.1, -0.05) is 15.9 Å². The average molecular weight is 269 g/mol. The lowest BCUT2D eigenvalue weighted by Gasteiger charge is -2.40. The summed E-state index contributed by atoms with van der Waals surface area (Å²) in [6.07, 6.45) is 0. The molecule has 0 bridgehead atoms. The highest BCUT2D eigenvalue weighted by atomic mass is 79.9. The number of hydrogen-bond acceptors (Lipinski definition) is 2. The van der Waals surface area contributed by atoms with Crippen LogP contribution >= 0.6 is 15.9 Å². The van der Waals surface area contributed by atoms with Crippen molar-refractivity contribution in [3.63, 3.8) is 0 Å². The van der Waals surface area contributed by atoms with Crippen molar-refractivity contribution in [2.75, 3.05) is 17.3 Å². The van der Waals surface area contributed by atoms with Crippen LogP contribution in [0.3, 0.4) is 0 Å². The number of benzene rings is 1. The van der Waals surface area contributed by atoms with Gasteiger partial charge in [0, 0.05) is 23.6 Å². The molecule has 1 N–H and O–H groups in total. The third-order valence-corrected chi connectivity index (χ3v) is 3.79. The van der Waals surface area contributed by atoms with Gasteiger partial charge in [-0.15, -0.1) is 0 Å². The Kier molecular flexibility index (Phi) is 2.67. The molecule has 82 valence electrons. The molecule has 3 heteroatoms. The molecule has 15 heavy (non-hydrogen) atoms. The van der Waals surface area contributed by atoms with Gasteiger partial charge in [-0.25, -0.2) is 0 Å². The maximum atomic E-state index is 3.55. The zero-order valence-electron chi connectivity index (χ0n) is 9.63. The summed E-state index contributed by atoms with van der Waals surface area (Å²) < 4.78 is 1.14. The molecule has 1 aliphatic rings. The minimum Gasteiger partial charge on any atom is -0.379 e. The minimum absolute atomic E-state index is 0.483. The molecule has 0 saturated carbocycles. The smallest absolute Gasteiger partial charge is 0.0633 e. The fourth-order valence-corrected chi connectivity index (χ4v) is 2.79. The van der Waals surface area contributed by atoms with Crippen molar-refractivity contribution in [3.8, 4) is 0 Å². The fourth-order valence-electron chi connectivity index (χ4n) is 2.22. The Balaban J connectivity index is 2.55. The van der Waals surface area contributed by atoms with Crippen LogP contribution in [0.25, 0.3) is 0 Å². The van der Waals surface area contributed by atoms with Crippen molar-refractivity contribution in [1.82, 2.24) is 0 Å². The summed E-state index contributed by atoms with van der Waals surface area (Å²) >= 11 is 3.54. The lowest BCUT2D eigenvalue weighted by molar-refractivity contribution is 0.586. The number of nitrogens with zero attached hydrogens (tertiary/aromatic N) is 1. The van der Waals surface area contributed by atoms with Crippen LogP contribution in [0.2, 0.25) is 0 Å². The molecule has 0 fully saturated rings. The van der Waals surface area contributed by atoms with Crippen LogP contribution in [0.15, 0.2) is 16.6 Å². The van der Waals surface area contributed by atoms with Gasteiger partial charge in [-0.3, -0.25) is 0 Å². The van der Waals surface area contributed by atoms with E-state index in [1.807, 2.05) is 0 Å². The predicted octanol–water partition coefficient (Wildman–Crippen LogP) is 3.40. The summed E-state index contributed by atoms with van der Waals surface area (Å²) in [4.78, 5) is 2.36. The molecule has 1 aromatic rings.